The molecule has 0 bridgehead atoms. The number of likely N-dealkylation sites (N-methyl/N-ethyl adjacent to an activating group) is 1. The molecular formula is C14H17N3O2. The normalized spacial score (nSPS) is 10.7. The SMILES string of the molecule is CN(C)CCOc1ccc(C(=O)n2cccn2)cc1. The molecule has 5 nitrogen and oxygen atoms in total. The molecule has 0 radical (unpaired) electrons. The fourth-order valence-electron chi connectivity index (χ4n) is 1.56. The highest BCUT2D eigenvalue weighted by molar-refractivity contribution is 5.95. The van der Waals surface area contributed by atoms with Gasteiger partial charge in [-0.15, -0.1) is 0 Å². The second-order valence-electron chi connectivity index (χ2n) is 4.43. The Labute approximate surface area is 112 Å². The molecule has 0 aliphatic rings. The standard InChI is InChI=1S/C14H17N3O2/c1-16(2)10-11-19-13-6-4-12(5-7-13)14(18)17-9-3-8-15-17/h3-9H,10-11H2,1-2H3. The number of nitrogens with zero attached hydrogens (tertiary/aromatic N) is 3. The number of carbonyl (C=O) groups is 1. The van der Waals surface area contributed by atoms with Gasteiger partial charge in [-0.05, 0) is 44.4 Å². The molecular weight excluding hydrogens is 242 g/mol. The van der Waals surface area contributed by atoms with Crippen molar-refractivity contribution in [1.82, 2.24) is 14.7 Å². The topological polar surface area (TPSA) is 47.4 Å². The van der Waals surface area contributed by atoms with Crippen molar-refractivity contribution in [1.29, 1.82) is 0 Å². The van der Waals surface area contributed by atoms with E-state index in [1.54, 1.807) is 42.7 Å². The third-order valence-electron chi connectivity index (χ3n) is 2.62. The molecule has 5 heteroatoms. The Kier molecular flexibility index (Phi) is 4.30. The fraction of sp³-hybridized carbons (Fsp3) is 0.286. The van der Waals surface area contributed by atoms with Crippen LogP contribution in [0.1, 0.15) is 10.4 Å². The first-order valence-corrected chi connectivity index (χ1v) is 6.09. The lowest BCUT2D eigenvalue weighted by atomic mass is 10.2. The molecule has 2 rings (SSSR count). The average Bonchev–Trinajstić information content (AvgIpc) is 2.92. The van der Waals surface area contributed by atoms with Gasteiger partial charge >= 0.3 is 0 Å². The molecule has 1 aromatic carbocycles. The van der Waals surface area contributed by atoms with Crippen LogP contribution in [0.25, 0.3) is 0 Å². The van der Waals surface area contributed by atoms with E-state index in [1.807, 2.05) is 14.1 Å². The van der Waals surface area contributed by atoms with E-state index in [0.717, 1.165) is 12.3 Å². The van der Waals surface area contributed by atoms with Gasteiger partial charge in [-0.2, -0.15) is 5.10 Å². The van der Waals surface area contributed by atoms with Gasteiger partial charge in [-0.1, -0.05) is 0 Å². The van der Waals surface area contributed by atoms with E-state index >= 15 is 0 Å². The summed E-state index contributed by atoms with van der Waals surface area (Å²) in [5.74, 6) is 0.615. The summed E-state index contributed by atoms with van der Waals surface area (Å²) < 4.78 is 6.87. The third kappa shape index (κ3) is 3.66. The molecule has 1 aromatic heterocycles. The van der Waals surface area contributed by atoms with Gasteiger partial charge in [0.05, 0.1) is 0 Å². The quantitative estimate of drug-likeness (QED) is 0.816. The van der Waals surface area contributed by atoms with E-state index in [1.165, 1.54) is 4.68 Å². The Hall–Kier alpha value is -2.14. The van der Waals surface area contributed by atoms with Gasteiger partial charge in [0, 0.05) is 24.5 Å². The Morgan fingerprint density at radius 2 is 2.05 bits per heavy atom. The van der Waals surface area contributed by atoms with Gasteiger partial charge in [-0.25, -0.2) is 4.68 Å². The highest BCUT2D eigenvalue weighted by atomic mass is 16.5. The maximum Gasteiger partial charge on any atom is 0.278 e. The summed E-state index contributed by atoms with van der Waals surface area (Å²) in [5.41, 5.74) is 0.587. The molecule has 0 aliphatic heterocycles. The molecule has 0 fully saturated rings. The van der Waals surface area contributed by atoms with E-state index in [4.69, 9.17) is 4.74 Å². The number of hydrogen-bond donors (Lipinski definition) is 0. The van der Waals surface area contributed by atoms with Crippen molar-refractivity contribution < 1.29 is 9.53 Å². The van der Waals surface area contributed by atoms with Crippen LogP contribution in [0.5, 0.6) is 5.75 Å². The van der Waals surface area contributed by atoms with E-state index < -0.39 is 0 Å². The van der Waals surface area contributed by atoms with Gasteiger partial charge in [-0.3, -0.25) is 4.79 Å². The number of benzene rings is 1. The average molecular weight is 259 g/mol. The lowest BCUT2D eigenvalue weighted by molar-refractivity contribution is 0.0945. The van der Waals surface area contributed by atoms with E-state index in [9.17, 15) is 4.79 Å². The molecule has 0 atom stereocenters. The summed E-state index contributed by atoms with van der Waals surface area (Å²) in [5, 5.41) is 3.91. The highest BCUT2D eigenvalue weighted by Crippen LogP contribution is 2.13. The first-order chi connectivity index (χ1) is 9.16. The van der Waals surface area contributed by atoms with E-state index in [2.05, 4.69) is 10.00 Å². The Bertz CT molecular complexity index is 518. The zero-order valence-corrected chi connectivity index (χ0v) is 11.1. The predicted octanol–water partition coefficient (Wildman–Crippen LogP) is 1.51. The minimum Gasteiger partial charge on any atom is -0.492 e. The van der Waals surface area contributed by atoms with Gasteiger partial charge in [0.15, 0.2) is 0 Å². The number of rotatable bonds is 5. The molecule has 1 heterocycles. The van der Waals surface area contributed by atoms with Crippen LogP contribution in [0, 0.1) is 0 Å². The van der Waals surface area contributed by atoms with Crippen LogP contribution in [0.4, 0.5) is 0 Å². The van der Waals surface area contributed by atoms with Crippen LogP contribution < -0.4 is 4.74 Å². The van der Waals surface area contributed by atoms with Crippen LogP contribution in [0.3, 0.4) is 0 Å². The number of aromatic nitrogens is 2. The smallest absolute Gasteiger partial charge is 0.278 e. The van der Waals surface area contributed by atoms with Crippen LogP contribution in [0.2, 0.25) is 0 Å². The summed E-state index contributed by atoms with van der Waals surface area (Å²) in [6.07, 6.45) is 3.21. The lowest BCUT2D eigenvalue weighted by Crippen LogP contribution is -2.19. The highest BCUT2D eigenvalue weighted by Gasteiger charge is 2.08. The molecule has 2 aromatic rings. The first kappa shape index (κ1) is 13.3. The summed E-state index contributed by atoms with van der Waals surface area (Å²) in [6, 6.07) is 8.80. The van der Waals surface area contributed by atoms with Gasteiger partial charge in [0.25, 0.3) is 5.91 Å². The van der Waals surface area contributed by atoms with Crippen molar-refractivity contribution in [2.24, 2.45) is 0 Å². The summed E-state index contributed by atoms with van der Waals surface area (Å²) in [4.78, 5) is 14.0. The molecule has 100 valence electrons. The van der Waals surface area contributed by atoms with Crippen LogP contribution in [0.15, 0.2) is 42.7 Å². The maximum absolute atomic E-state index is 12.0. The van der Waals surface area contributed by atoms with Crippen LogP contribution >= 0.6 is 0 Å². The lowest BCUT2D eigenvalue weighted by Gasteiger charge is -2.11. The summed E-state index contributed by atoms with van der Waals surface area (Å²) in [7, 11) is 3.99. The van der Waals surface area contributed by atoms with Crippen LogP contribution in [-0.4, -0.2) is 47.8 Å². The van der Waals surface area contributed by atoms with E-state index in [0.29, 0.717) is 12.2 Å². The molecule has 0 saturated carbocycles. The Balaban J connectivity index is 1.96. The Morgan fingerprint density at radius 3 is 2.63 bits per heavy atom. The summed E-state index contributed by atoms with van der Waals surface area (Å²) in [6.45, 7) is 1.48. The second kappa shape index (κ2) is 6.15. The zero-order valence-electron chi connectivity index (χ0n) is 11.1. The molecule has 0 unspecified atom stereocenters. The van der Waals surface area contributed by atoms with Crippen molar-refractivity contribution in [2.75, 3.05) is 27.2 Å². The van der Waals surface area contributed by atoms with E-state index in [-0.39, 0.29) is 5.91 Å². The molecule has 0 spiro atoms. The molecule has 19 heavy (non-hydrogen) atoms. The van der Waals surface area contributed by atoms with Gasteiger partial charge in [0.2, 0.25) is 0 Å². The third-order valence-corrected chi connectivity index (χ3v) is 2.62. The number of carbonyl (C=O) groups excluding carboxylic acids is 1. The van der Waals surface area contributed by atoms with Crippen LogP contribution in [-0.2, 0) is 0 Å². The monoisotopic (exact) mass is 259 g/mol. The minimum atomic E-state index is -0.148. The van der Waals surface area contributed by atoms with Gasteiger partial charge < -0.3 is 9.64 Å². The summed E-state index contributed by atoms with van der Waals surface area (Å²) >= 11 is 0. The zero-order chi connectivity index (χ0) is 13.7. The molecule has 0 amide bonds. The fourth-order valence-corrected chi connectivity index (χ4v) is 1.56. The molecule has 0 N–H and O–H groups in total. The van der Waals surface area contributed by atoms with Gasteiger partial charge in [0.1, 0.15) is 12.4 Å². The second-order valence-corrected chi connectivity index (χ2v) is 4.43. The number of ether oxygens (including phenoxy) is 1. The molecule has 0 aliphatic carbocycles. The Morgan fingerprint density at radius 1 is 1.32 bits per heavy atom. The van der Waals surface area contributed by atoms with Crippen molar-refractivity contribution >= 4 is 5.91 Å². The predicted molar refractivity (Wildman–Crippen MR) is 72.4 cm³/mol. The maximum atomic E-state index is 12.0. The van der Waals surface area contributed by atoms with Crippen molar-refractivity contribution in [3.63, 3.8) is 0 Å². The number of hydrogen-bond acceptors (Lipinski definition) is 4. The first-order valence-electron chi connectivity index (χ1n) is 6.09. The van der Waals surface area contributed by atoms with Crippen molar-refractivity contribution in [3.05, 3.63) is 48.3 Å². The molecule has 0 saturated heterocycles. The van der Waals surface area contributed by atoms with Crippen molar-refractivity contribution in [2.45, 2.75) is 0 Å². The minimum absolute atomic E-state index is 0.148. The largest absolute Gasteiger partial charge is 0.492 e. The van der Waals surface area contributed by atoms with Crippen molar-refractivity contribution in [3.8, 4) is 5.75 Å².